The molecule has 6 heteroatoms. The van der Waals surface area contributed by atoms with Gasteiger partial charge in [0.2, 0.25) is 0 Å². The molecule has 144 valence electrons. The maximum atomic E-state index is 13.1. The number of para-hydroxylation sites is 1. The fourth-order valence-electron chi connectivity index (χ4n) is 3.77. The number of rotatable bonds is 3. The number of hydrogen-bond acceptors (Lipinski definition) is 4. The molecule has 1 fully saturated rings. The molecule has 2 amide bonds. The zero-order valence-electron chi connectivity index (χ0n) is 16.0. The molecule has 0 atom stereocenters. The van der Waals surface area contributed by atoms with E-state index in [2.05, 4.69) is 17.0 Å². The average Bonchev–Trinajstić information content (AvgIpc) is 2.93. The number of halogens is 1. The molecule has 2 aromatic carbocycles. The van der Waals surface area contributed by atoms with Gasteiger partial charge in [0.25, 0.3) is 11.8 Å². The van der Waals surface area contributed by atoms with Gasteiger partial charge in [0.15, 0.2) is 0 Å². The normalized spacial score (nSPS) is 17.8. The predicted octanol–water partition coefficient (Wildman–Crippen LogP) is 3.45. The van der Waals surface area contributed by atoms with Gasteiger partial charge >= 0.3 is 0 Å². The van der Waals surface area contributed by atoms with Gasteiger partial charge in [-0.05, 0) is 43.2 Å². The van der Waals surface area contributed by atoms with Crippen molar-refractivity contribution in [2.75, 3.05) is 36.0 Å². The quantitative estimate of drug-likeness (QED) is 0.747. The van der Waals surface area contributed by atoms with Crippen molar-refractivity contribution in [1.82, 2.24) is 4.90 Å². The van der Waals surface area contributed by atoms with Crippen LogP contribution in [0.25, 0.3) is 0 Å². The minimum atomic E-state index is -0.444. The second-order valence-corrected chi connectivity index (χ2v) is 7.59. The molecule has 2 aliphatic heterocycles. The molecule has 28 heavy (non-hydrogen) atoms. The predicted molar refractivity (Wildman–Crippen MR) is 112 cm³/mol. The van der Waals surface area contributed by atoms with E-state index in [1.165, 1.54) is 4.90 Å². The van der Waals surface area contributed by atoms with E-state index in [0.29, 0.717) is 24.5 Å². The van der Waals surface area contributed by atoms with Crippen molar-refractivity contribution in [2.24, 2.45) is 0 Å². The monoisotopic (exact) mass is 395 g/mol. The fourth-order valence-corrected chi connectivity index (χ4v) is 4.06. The Hall–Kier alpha value is -2.79. The number of piperazine rings is 1. The van der Waals surface area contributed by atoms with Crippen molar-refractivity contribution in [3.8, 4) is 0 Å². The summed E-state index contributed by atoms with van der Waals surface area (Å²) in [6, 6.07) is 15.9. The van der Waals surface area contributed by atoms with Crippen molar-refractivity contribution in [3.05, 3.63) is 70.4 Å². The van der Waals surface area contributed by atoms with Crippen LogP contribution in [0.4, 0.5) is 11.4 Å². The lowest BCUT2D eigenvalue weighted by atomic mass is 10.1. The Kier molecular flexibility index (Phi) is 4.85. The molecule has 0 aliphatic carbocycles. The van der Waals surface area contributed by atoms with Crippen LogP contribution in [0.1, 0.15) is 11.1 Å². The lowest BCUT2D eigenvalue weighted by molar-refractivity contribution is -0.121. The number of hydrogen-bond donors (Lipinski definition) is 0. The van der Waals surface area contributed by atoms with E-state index in [0.717, 1.165) is 29.9 Å². The van der Waals surface area contributed by atoms with Crippen LogP contribution in [-0.2, 0) is 9.59 Å². The molecule has 0 spiro atoms. The SMILES string of the molecule is Cc1ccc(C)c(N2C(=O)C(Cl)=C(N3CCN(c4ccccc4)CC3)C2=O)c1. The summed E-state index contributed by atoms with van der Waals surface area (Å²) in [6.07, 6.45) is 0. The Morgan fingerprint density at radius 2 is 1.46 bits per heavy atom. The third-order valence-electron chi connectivity index (χ3n) is 5.33. The van der Waals surface area contributed by atoms with E-state index < -0.39 is 5.91 Å². The van der Waals surface area contributed by atoms with Gasteiger partial charge in [-0.15, -0.1) is 0 Å². The number of nitrogens with zero attached hydrogens (tertiary/aromatic N) is 3. The van der Waals surface area contributed by atoms with Crippen LogP contribution in [0.5, 0.6) is 0 Å². The molecule has 2 heterocycles. The Balaban J connectivity index is 1.55. The van der Waals surface area contributed by atoms with Crippen molar-refractivity contribution < 1.29 is 9.59 Å². The summed E-state index contributed by atoms with van der Waals surface area (Å²) in [5.74, 6) is -0.780. The minimum absolute atomic E-state index is 0.0130. The summed E-state index contributed by atoms with van der Waals surface area (Å²) in [6.45, 7) is 6.64. The van der Waals surface area contributed by atoms with Crippen LogP contribution in [0, 0.1) is 13.8 Å². The van der Waals surface area contributed by atoms with Gasteiger partial charge in [0.1, 0.15) is 10.7 Å². The van der Waals surface area contributed by atoms with Crippen molar-refractivity contribution in [3.63, 3.8) is 0 Å². The summed E-state index contributed by atoms with van der Waals surface area (Å²) < 4.78 is 0. The summed E-state index contributed by atoms with van der Waals surface area (Å²) in [5.41, 5.74) is 3.94. The van der Waals surface area contributed by atoms with Gasteiger partial charge in [-0.25, -0.2) is 4.90 Å². The van der Waals surface area contributed by atoms with Crippen LogP contribution >= 0.6 is 11.6 Å². The van der Waals surface area contributed by atoms with Crippen molar-refractivity contribution in [1.29, 1.82) is 0 Å². The molecule has 0 unspecified atom stereocenters. The van der Waals surface area contributed by atoms with Gasteiger partial charge in [0.05, 0.1) is 5.69 Å². The topological polar surface area (TPSA) is 43.9 Å². The molecule has 5 nitrogen and oxygen atoms in total. The number of imide groups is 1. The molecule has 0 N–H and O–H groups in total. The average molecular weight is 396 g/mol. The van der Waals surface area contributed by atoms with Gasteiger partial charge in [-0.3, -0.25) is 9.59 Å². The molecule has 0 saturated carbocycles. The highest BCUT2D eigenvalue weighted by molar-refractivity contribution is 6.52. The summed E-state index contributed by atoms with van der Waals surface area (Å²) in [7, 11) is 0. The second-order valence-electron chi connectivity index (χ2n) is 7.21. The van der Waals surface area contributed by atoms with Crippen molar-refractivity contribution in [2.45, 2.75) is 13.8 Å². The maximum Gasteiger partial charge on any atom is 0.283 e. The van der Waals surface area contributed by atoms with Crippen molar-refractivity contribution >= 4 is 34.8 Å². The molecule has 1 saturated heterocycles. The Morgan fingerprint density at radius 3 is 2.14 bits per heavy atom. The third kappa shape index (κ3) is 3.16. The number of anilines is 2. The number of carbonyl (C=O) groups excluding carboxylic acids is 2. The van der Waals surface area contributed by atoms with Gasteiger partial charge in [-0.2, -0.15) is 0 Å². The van der Waals surface area contributed by atoms with Gasteiger partial charge < -0.3 is 9.80 Å². The lowest BCUT2D eigenvalue weighted by Gasteiger charge is -2.37. The molecular formula is C22H22ClN3O2. The first-order chi connectivity index (χ1) is 13.5. The minimum Gasteiger partial charge on any atom is -0.368 e. The third-order valence-corrected chi connectivity index (χ3v) is 5.67. The summed E-state index contributed by atoms with van der Waals surface area (Å²) in [5, 5.41) is 0.0130. The zero-order valence-corrected chi connectivity index (χ0v) is 16.7. The first kappa shape index (κ1) is 18.6. The first-order valence-corrected chi connectivity index (χ1v) is 9.76. The van der Waals surface area contributed by atoms with Crippen LogP contribution in [0.3, 0.4) is 0 Å². The van der Waals surface area contributed by atoms with Crippen LogP contribution in [0.2, 0.25) is 0 Å². The van der Waals surface area contributed by atoms with E-state index in [4.69, 9.17) is 11.6 Å². The lowest BCUT2D eigenvalue weighted by Crippen LogP contribution is -2.47. The van der Waals surface area contributed by atoms with E-state index in [1.807, 2.05) is 55.1 Å². The maximum absolute atomic E-state index is 13.1. The molecule has 0 radical (unpaired) electrons. The van der Waals surface area contributed by atoms with Crippen LogP contribution < -0.4 is 9.80 Å². The highest BCUT2D eigenvalue weighted by atomic mass is 35.5. The second kappa shape index (κ2) is 7.32. The molecule has 4 rings (SSSR count). The molecule has 0 bridgehead atoms. The number of benzene rings is 2. The molecular weight excluding hydrogens is 374 g/mol. The summed E-state index contributed by atoms with van der Waals surface area (Å²) in [4.78, 5) is 31.4. The van der Waals surface area contributed by atoms with Gasteiger partial charge in [0, 0.05) is 31.9 Å². The van der Waals surface area contributed by atoms with E-state index in [1.54, 1.807) is 0 Å². The van der Waals surface area contributed by atoms with E-state index >= 15 is 0 Å². The Labute approximate surface area is 169 Å². The zero-order chi connectivity index (χ0) is 19.8. The largest absolute Gasteiger partial charge is 0.368 e. The number of aryl methyl sites for hydroxylation is 2. The number of amides is 2. The summed E-state index contributed by atoms with van der Waals surface area (Å²) >= 11 is 6.36. The molecule has 2 aromatic rings. The van der Waals surface area contributed by atoms with E-state index in [-0.39, 0.29) is 10.9 Å². The molecule has 2 aliphatic rings. The highest BCUT2D eigenvalue weighted by Gasteiger charge is 2.42. The van der Waals surface area contributed by atoms with Crippen LogP contribution in [0.15, 0.2) is 59.3 Å². The Bertz CT molecular complexity index is 963. The Morgan fingerprint density at radius 1 is 0.821 bits per heavy atom. The van der Waals surface area contributed by atoms with Gasteiger partial charge in [-0.1, -0.05) is 41.9 Å². The highest BCUT2D eigenvalue weighted by Crippen LogP contribution is 2.34. The molecule has 0 aromatic heterocycles. The van der Waals surface area contributed by atoms with Crippen LogP contribution in [-0.4, -0.2) is 42.9 Å². The number of carbonyl (C=O) groups is 2. The smallest absolute Gasteiger partial charge is 0.283 e. The first-order valence-electron chi connectivity index (χ1n) is 9.38. The van der Waals surface area contributed by atoms with E-state index in [9.17, 15) is 9.59 Å². The fraction of sp³-hybridized carbons (Fsp3) is 0.273. The standard InChI is InChI=1S/C22H22ClN3O2/c1-15-8-9-16(2)18(14-15)26-21(27)19(23)20(22(26)28)25-12-10-24(11-13-25)17-6-4-3-5-7-17/h3-9,14H,10-13H2,1-2H3.